The van der Waals surface area contributed by atoms with Gasteiger partial charge in [-0.05, 0) is 20.3 Å². The number of rotatable bonds is 3. The molecule has 1 aliphatic rings. The summed E-state index contributed by atoms with van der Waals surface area (Å²) >= 11 is 0. The number of carboxylic acid groups (broad SMARTS) is 1. The van der Waals surface area contributed by atoms with Gasteiger partial charge in [-0.3, -0.25) is 9.48 Å². The van der Waals surface area contributed by atoms with Gasteiger partial charge in [-0.25, -0.2) is 8.42 Å². The van der Waals surface area contributed by atoms with Gasteiger partial charge in [0.15, 0.2) is 9.84 Å². The Morgan fingerprint density at radius 3 is 2.67 bits per heavy atom. The van der Waals surface area contributed by atoms with Crippen LogP contribution in [0.4, 0.5) is 0 Å². The topological polar surface area (TPSA) is 89.3 Å². The maximum absolute atomic E-state index is 11.5. The first-order valence-corrected chi connectivity index (χ1v) is 7.59. The fraction of sp³-hybridized carbons (Fsp3) is 0.636. The molecule has 100 valence electrons. The average Bonchev–Trinajstić information content (AvgIpc) is 2.72. The number of carboxylic acids is 1. The van der Waals surface area contributed by atoms with E-state index in [9.17, 15) is 13.2 Å². The molecule has 1 aromatic rings. The van der Waals surface area contributed by atoms with Crippen LogP contribution in [0.5, 0.6) is 0 Å². The van der Waals surface area contributed by atoms with E-state index in [1.807, 2.05) is 0 Å². The normalized spacial score (nSPS) is 22.2. The zero-order valence-corrected chi connectivity index (χ0v) is 11.2. The zero-order valence-electron chi connectivity index (χ0n) is 10.4. The minimum Gasteiger partial charge on any atom is -0.481 e. The van der Waals surface area contributed by atoms with Crippen molar-refractivity contribution in [1.82, 2.24) is 9.78 Å². The molecular formula is C11H16N2O4S. The summed E-state index contributed by atoms with van der Waals surface area (Å²) in [5.74, 6) is -0.619. The van der Waals surface area contributed by atoms with Crippen molar-refractivity contribution in [2.24, 2.45) is 0 Å². The van der Waals surface area contributed by atoms with Crippen LogP contribution in [0, 0.1) is 13.8 Å². The number of aromatic nitrogens is 2. The summed E-state index contributed by atoms with van der Waals surface area (Å²) in [6.45, 7) is 3.55. The quantitative estimate of drug-likeness (QED) is 0.864. The van der Waals surface area contributed by atoms with Crippen LogP contribution < -0.4 is 0 Å². The molecule has 0 amide bonds. The minimum atomic E-state index is -2.96. The van der Waals surface area contributed by atoms with Crippen LogP contribution in [0.1, 0.15) is 29.4 Å². The number of hydrogen-bond donors (Lipinski definition) is 1. The van der Waals surface area contributed by atoms with Crippen LogP contribution >= 0.6 is 0 Å². The second-order valence-electron chi connectivity index (χ2n) is 4.72. The highest BCUT2D eigenvalue weighted by Gasteiger charge is 2.31. The van der Waals surface area contributed by atoms with E-state index in [0.29, 0.717) is 17.7 Å². The fourth-order valence-electron chi connectivity index (χ4n) is 2.43. The van der Waals surface area contributed by atoms with E-state index in [1.165, 1.54) is 0 Å². The molecule has 0 aromatic carbocycles. The summed E-state index contributed by atoms with van der Waals surface area (Å²) in [5, 5.41) is 13.1. The van der Waals surface area contributed by atoms with Gasteiger partial charge in [-0.15, -0.1) is 0 Å². The maximum Gasteiger partial charge on any atom is 0.307 e. The van der Waals surface area contributed by atoms with Gasteiger partial charge < -0.3 is 5.11 Å². The summed E-state index contributed by atoms with van der Waals surface area (Å²) in [5.41, 5.74) is 2.11. The van der Waals surface area contributed by atoms with E-state index in [2.05, 4.69) is 5.10 Å². The summed E-state index contributed by atoms with van der Waals surface area (Å²) < 4.78 is 24.6. The van der Waals surface area contributed by atoms with Crippen molar-refractivity contribution in [3.8, 4) is 0 Å². The Kier molecular flexibility index (Phi) is 3.18. The van der Waals surface area contributed by atoms with Gasteiger partial charge in [0.2, 0.25) is 0 Å². The molecule has 0 spiro atoms. The third-order valence-electron chi connectivity index (χ3n) is 3.36. The monoisotopic (exact) mass is 272 g/mol. The van der Waals surface area contributed by atoms with E-state index < -0.39 is 15.8 Å². The average molecular weight is 272 g/mol. The molecule has 2 heterocycles. The molecule has 0 saturated carbocycles. The lowest BCUT2D eigenvalue weighted by molar-refractivity contribution is -0.136. The molecule has 1 saturated heterocycles. The van der Waals surface area contributed by atoms with Crippen LogP contribution in [0.2, 0.25) is 0 Å². The lowest BCUT2D eigenvalue weighted by Crippen LogP contribution is -2.14. The Labute approximate surface area is 106 Å². The Balaban J connectivity index is 2.33. The molecule has 0 radical (unpaired) electrons. The van der Waals surface area contributed by atoms with E-state index in [4.69, 9.17) is 5.11 Å². The first-order valence-electron chi connectivity index (χ1n) is 5.77. The van der Waals surface area contributed by atoms with Crippen LogP contribution in [-0.4, -0.2) is 40.8 Å². The predicted molar refractivity (Wildman–Crippen MR) is 65.3 cm³/mol. The number of aryl methyl sites for hydroxylation is 1. The van der Waals surface area contributed by atoms with Crippen LogP contribution in [-0.2, 0) is 21.1 Å². The minimum absolute atomic E-state index is 0.0723. The van der Waals surface area contributed by atoms with Crippen molar-refractivity contribution in [3.63, 3.8) is 0 Å². The highest BCUT2D eigenvalue weighted by Crippen LogP contribution is 2.26. The molecule has 1 aromatic heterocycles. The van der Waals surface area contributed by atoms with Crippen molar-refractivity contribution in [3.05, 3.63) is 17.0 Å². The molecule has 6 nitrogen and oxygen atoms in total. The highest BCUT2D eigenvalue weighted by molar-refractivity contribution is 7.91. The lowest BCUT2D eigenvalue weighted by atomic mass is 10.1. The molecular weight excluding hydrogens is 256 g/mol. The van der Waals surface area contributed by atoms with Crippen molar-refractivity contribution in [2.75, 3.05) is 11.5 Å². The van der Waals surface area contributed by atoms with Gasteiger partial charge in [0.1, 0.15) is 0 Å². The third kappa shape index (κ3) is 2.40. The standard InChI is InChI=1S/C11H16N2O4S/c1-7-10(5-11(14)15)8(2)13(12-7)9-3-4-18(16,17)6-9/h9H,3-6H2,1-2H3,(H,14,15)/t9-/m0/s1. The van der Waals surface area contributed by atoms with E-state index >= 15 is 0 Å². The van der Waals surface area contributed by atoms with Gasteiger partial charge in [0.05, 0.1) is 29.7 Å². The van der Waals surface area contributed by atoms with E-state index in [0.717, 1.165) is 5.69 Å². The fourth-order valence-corrected chi connectivity index (χ4v) is 4.12. The second kappa shape index (κ2) is 4.38. The molecule has 1 N–H and O–H groups in total. The molecule has 1 aliphatic heterocycles. The first-order chi connectivity index (χ1) is 8.30. The Bertz CT molecular complexity index is 588. The second-order valence-corrected chi connectivity index (χ2v) is 6.95. The largest absolute Gasteiger partial charge is 0.481 e. The lowest BCUT2D eigenvalue weighted by Gasteiger charge is -2.11. The Morgan fingerprint density at radius 1 is 1.50 bits per heavy atom. The summed E-state index contributed by atoms with van der Waals surface area (Å²) in [4.78, 5) is 10.8. The van der Waals surface area contributed by atoms with Gasteiger partial charge in [0, 0.05) is 11.3 Å². The Morgan fingerprint density at radius 2 is 2.17 bits per heavy atom. The van der Waals surface area contributed by atoms with Gasteiger partial charge in [0.25, 0.3) is 0 Å². The predicted octanol–water partition coefficient (Wildman–Crippen LogP) is 0.487. The summed E-state index contributed by atoms with van der Waals surface area (Å²) in [7, 11) is -2.96. The number of nitrogens with zero attached hydrogens (tertiary/aromatic N) is 2. The van der Waals surface area contributed by atoms with Crippen molar-refractivity contribution >= 4 is 15.8 Å². The summed E-state index contributed by atoms with van der Waals surface area (Å²) in [6, 6.07) is -0.156. The summed E-state index contributed by atoms with van der Waals surface area (Å²) in [6.07, 6.45) is 0.480. The molecule has 0 aliphatic carbocycles. The van der Waals surface area contributed by atoms with Crippen molar-refractivity contribution < 1.29 is 18.3 Å². The molecule has 1 fully saturated rings. The SMILES string of the molecule is Cc1nn([C@H]2CCS(=O)(=O)C2)c(C)c1CC(=O)O. The van der Waals surface area contributed by atoms with E-state index in [1.54, 1.807) is 18.5 Å². The molecule has 18 heavy (non-hydrogen) atoms. The van der Waals surface area contributed by atoms with Crippen molar-refractivity contribution in [2.45, 2.75) is 32.7 Å². The zero-order chi connectivity index (χ0) is 13.5. The van der Waals surface area contributed by atoms with Gasteiger partial charge in [-0.1, -0.05) is 0 Å². The van der Waals surface area contributed by atoms with Crippen LogP contribution in [0.3, 0.4) is 0 Å². The molecule has 7 heteroatoms. The maximum atomic E-state index is 11.5. The molecule has 1 atom stereocenters. The third-order valence-corrected chi connectivity index (χ3v) is 5.11. The Hall–Kier alpha value is -1.37. The van der Waals surface area contributed by atoms with Crippen LogP contribution in [0.25, 0.3) is 0 Å². The van der Waals surface area contributed by atoms with Gasteiger partial charge in [-0.2, -0.15) is 5.10 Å². The van der Waals surface area contributed by atoms with E-state index in [-0.39, 0.29) is 24.0 Å². The molecule has 2 rings (SSSR count). The number of carbonyl (C=O) groups is 1. The van der Waals surface area contributed by atoms with Crippen LogP contribution in [0.15, 0.2) is 0 Å². The number of sulfone groups is 1. The molecule has 0 bridgehead atoms. The highest BCUT2D eigenvalue weighted by atomic mass is 32.2. The number of hydrogen-bond acceptors (Lipinski definition) is 4. The molecule has 0 unspecified atom stereocenters. The smallest absolute Gasteiger partial charge is 0.307 e. The number of aliphatic carboxylic acids is 1. The van der Waals surface area contributed by atoms with Gasteiger partial charge >= 0.3 is 5.97 Å². The van der Waals surface area contributed by atoms with Crippen molar-refractivity contribution in [1.29, 1.82) is 0 Å². The first kappa shape index (κ1) is 13.1.